The zero-order valence-corrected chi connectivity index (χ0v) is 17.4. The molecule has 1 aliphatic heterocycles. The average molecular weight is 407 g/mol. The van der Waals surface area contributed by atoms with Gasteiger partial charge in [0.15, 0.2) is 5.82 Å². The van der Waals surface area contributed by atoms with Crippen molar-refractivity contribution in [3.8, 4) is 5.82 Å². The first-order valence-electron chi connectivity index (χ1n) is 9.97. The summed E-state index contributed by atoms with van der Waals surface area (Å²) in [6, 6.07) is 11.7. The molecule has 0 spiro atoms. The normalized spacial score (nSPS) is 16.4. The van der Waals surface area contributed by atoms with Gasteiger partial charge in [-0.05, 0) is 31.5 Å². The third-order valence-corrected chi connectivity index (χ3v) is 5.36. The van der Waals surface area contributed by atoms with Gasteiger partial charge in [-0.1, -0.05) is 18.2 Å². The molecule has 0 radical (unpaired) electrons. The van der Waals surface area contributed by atoms with Crippen LogP contribution >= 0.6 is 0 Å². The molecular weight excluding hydrogens is 382 g/mol. The van der Waals surface area contributed by atoms with Gasteiger partial charge in [0.25, 0.3) is 0 Å². The number of carbonyl (C=O) groups excluding carboxylic acids is 2. The largest absolute Gasteiger partial charge is 0.383 e. The molecule has 1 unspecified atom stereocenters. The topological polar surface area (TPSA) is 89.3 Å². The van der Waals surface area contributed by atoms with Gasteiger partial charge in [-0.25, -0.2) is 4.98 Å². The van der Waals surface area contributed by atoms with Gasteiger partial charge in [-0.15, -0.1) is 0 Å². The first-order chi connectivity index (χ1) is 14.5. The second-order valence-corrected chi connectivity index (χ2v) is 7.62. The molecule has 1 saturated heterocycles. The SMILES string of the molecule is COCCN1CC(C(=O)Nc2cc(C)nn2-c2cc(C)c3ccccc3n2)CC1=O. The van der Waals surface area contributed by atoms with E-state index in [0.29, 0.717) is 31.3 Å². The van der Waals surface area contributed by atoms with Gasteiger partial charge in [0.1, 0.15) is 5.82 Å². The second kappa shape index (κ2) is 8.23. The van der Waals surface area contributed by atoms with Crippen LogP contribution < -0.4 is 5.32 Å². The first kappa shape index (κ1) is 20.0. The highest BCUT2D eigenvalue weighted by Crippen LogP contribution is 2.24. The summed E-state index contributed by atoms with van der Waals surface area (Å²) in [6.45, 7) is 5.25. The number of benzene rings is 1. The summed E-state index contributed by atoms with van der Waals surface area (Å²) in [5.74, 6) is 0.566. The fraction of sp³-hybridized carbons (Fsp3) is 0.364. The molecule has 1 aliphatic rings. The summed E-state index contributed by atoms with van der Waals surface area (Å²) in [5, 5.41) is 8.55. The highest BCUT2D eigenvalue weighted by atomic mass is 16.5. The van der Waals surface area contributed by atoms with Gasteiger partial charge in [0.2, 0.25) is 11.8 Å². The standard InChI is InChI=1S/C22H25N5O3/c1-14-10-19(23-18-7-5-4-6-17(14)18)27-20(11-15(2)25-27)24-22(29)16-12-21(28)26(13-16)8-9-30-3/h4-7,10-11,16H,8-9,12-13H2,1-3H3,(H,24,29). The average Bonchev–Trinajstić information content (AvgIpc) is 3.28. The molecule has 2 amide bonds. The van der Waals surface area contributed by atoms with Crippen molar-refractivity contribution in [2.45, 2.75) is 20.3 Å². The third-order valence-electron chi connectivity index (χ3n) is 5.36. The molecule has 4 rings (SSSR count). The molecule has 0 saturated carbocycles. The molecule has 156 valence electrons. The molecule has 1 aromatic carbocycles. The molecule has 30 heavy (non-hydrogen) atoms. The van der Waals surface area contributed by atoms with Crippen LogP contribution in [0.1, 0.15) is 17.7 Å². The molecule has 3 heterocycles. The number of likely N-dealkylation sites (tertiary alicyclic amines) is 1. The summed E-state index contributed by atoms with van der Waals surface area (Å²) in [5.41, 5.74) is 2.71. The number of anilines is 1. The van der Waals surface area contributed by atoms with Crippen molar-refractivity contribution in [1.82, 2.24) is 19.7 Å². The lowest BCUT2D eigenvalue weighted by atomic mass is 10.1. The van der Waals surface area contributed by atoms with E-state index in [2.05, 4.69) is 10.4 Å². The Morgan fingerprint density at radius 2 is 2.07 bits per heavy atom. The van der Waals surface area contributed by atoms with Crippen LogP contribution in [0.3, 0.4) is 0 Å². The van der Waals surface area contributed by atoms with Crippen LogP contribution in [0.25, 0.3) is 16.7 Å². The Hall–Kier alpha value is -3.26. The van der Waals surface area contributed by atoms with Gasteiger partial charge in [0, 0.05) is 38.1 Å². The summed E-state index contributed by atoms with van der Waals surface area (Å²) < 4.78 is 6.68. The molecule has 1 fully saturated rings. The van der Waals surface area contributed by atoms with E-state index in [1.165, 1.54) is 0 Å². The number of amides is 2. The molecule has 0 bridgehead atoms. The van der Waals surface area contributed by atoms with E-state index >= 15 is 0 Å². The number of ether oxygens (including phenoxy) is 1. The lowest BCUT2D eigenvalue weighted by Gasteiger charge is -2.16. The van der Waals surface area contributed by atoms with E-state index in [1.807, 2.05) is 50.2 Å². The highest BCUT2D eigenvalue weighted by Gasteiger charge is 2.34. The number of nitrogens with one attached hydrogen (secondary N) is 1. The zero-order valence-electron chi connectivity index (χ0n) is 17.4. The molecular formula is C22H25N5O3. The van der Waals surface area contributed by atoms with Gasteiger partial charge in [-0.2, -0.15) is 9.78 Å². The monoisotopic (exact) mass is 407 g/mol. The van der Waals surface area contributed by atoms with Crippen molar-refractivity contribution < 1.29 is 14.3 Å². The van der Waals surface area contributed by atoms with Crippen molar-refractivity contribution in [2.75, 3.05) is 32.1 Å². The minimum Gasteiger partial charge on any atom is -0.383 e. The van der Waals surface area contributed by atoms with Gasteiger partial charge >= 0.3 is 0 Å². The van der Waals surface area contributed by atoms with Crippen molar-refractivity contribution in [3.05, 3.63) is 47.7 Å². The molecule has 1 atom stereocenters. The number of hydrogen-bond donors (Lipinski definition) is 1. The highest BCUT2D eigenvalue weighted by molar-refractivity contribution is 5.97. The molecule has 0 aliphatic carbocycles. The van der Waals surface area contributed by atoms with Crippen LogP contribution in [0.4, 0.5) is 5.82 Å². The number of aryl methyl sites for hydroxylation is 2. The second-order valence-electron chi connectivity index (χ2n) is 7.62. The predicted molar refractivity (Wildman–Crippen MR) is 114 cm³/mol. The van der Waals surface area contributed by atoms with Gasteiger partial charge < -0.3 is 15.0 Å². The van der Waals surface area contributed by atoms with E-state index in [9.17, 15) is 9.59 Å². The molecule has 1 N–H and O–H groups in total. The van der Waals surface area contributed by atoms with E-state index < -0.39 is 5.92 Å². The minimum absolute atomic E-state index is 0.0243. The maximum Gasteiger partial charge on any atom is 0.230 e. The van der Waals surface area contributed by atoms with Crippen molar-refractivity contribution in [3.63, 3.8) is 0 Å². The number of aromatic nitrogens is 3. The number of carbonyl (C=O) groups is 2. The Morgan fingerprint density at radius 3 is 2.87 bits per heavy atom. The zero-order chi connectivity index (χ0) is 21.3. The maximum absolute atomic E-state index is 12.9. The van der Waals surface area contributed by atoms with Gasteiger partial charge in [-0.3, -0.25) is 9.59 Å². The minimum atomic E-state index is -0.399. The maximum atomic E-state index is 12.9. The molecule has 8 nitrogen and oxygen atoms in total. The quantitative estimate of drug-likeness (QED) is 0.678. The number of fused-ring (bicyclic) bond motifs is 1. The number of para-hydroxylation sites is 1. The van der Waals surface area contributed by atoms with Crippen molar-refractivity contribution in [2.24, 2.45) is 5.92 Å². The van der Waals surface area contributed by atoms with Crippen LogP contribution in [-0.2, 0) is 14.3 Å². The Labute approximate surface area is 174 Å². The Bertz CT molecular complexity index is 1110. The van der Waals surface area contributed by atoms with Crippen LogP contribution in [-0.4, -0.2) is 58.3 Å². The Balaban J connectivity index is 1.57. The molecule has 2 aromatic heterocycles. The van der Waals surface area contributed by atoms with Crippen LogP contribution in [0.15, 0.2) is 36.4 Å². The fourth-order valence-electron chi connectivity index (χ4n) is 3.80. The summed E-state index contributed by atoms with van der Waals surface area (Å²) in [6.07, 6.45) is 0.204. The molecule has 3 aromatic rings. The summed E-state index contributed by atoms with van der Waals surface area (Å²) in [4.78, 5) is 31.4. The van der Waals surface area contributed by atoms with Crippen LogP contribution in [0, 0.1) is 19.8 Å². The third kappa shape index (κ3) is 3.91. The number of nitrogens with zero attached hydrogens (tertiary/aromatic N) is 4. The Morgan fingerprint density at radius 1 is 1.27 bits per heavy atom. The first-order valence-corrected chi connectivity index (χ1v) is 9.97. The van der Waals surface area contributed by atoms with E-state index in [0.717, 1.165) is 22.2 Å². The number of pyridine rings is 1. The van der Waals surface area contributed by atoms with Gasteiger partial charge in [0.05, 0.1) is 23.7 Å². The van der Waals surface area contributed by atoms with Crippen molar-refractivity contribution in [1.29, 1.82) is 0 Å². The van der Waals surface area contributed by atoms with Crippen LogP contribution in [0.5, 0.6) is 0 Å². The predicted octanol–water partition coefficient (Wildman–Crippen LogP) is 2.47. The molecule has 8 heteroatoms. The number of hydrogen-bond acceptors (Lipinski definition) is 5. The lowest BCUT2D eigenvalue weighted by molar-refractivity contribution is -0.128. The Kier molecular flexibility index (Phi) is 5.50. The lowest BCUT2D eigenvalue weighted by Crippen LogP contribution is -2.31. The van der Waals surface area contributed by atoms with E-state index in [4.69, 9.17) is 9.72 Å². The number of rotatable bonds is 6. The number of methoxy groups -OCH3 is 1. The van der Waals surface area contributed by atoms with Crippen molar-refractivity contribution >= 4 is 28.5 Å². The van der Waals surface area contributed by atoms with Crippen LogP contribution in [0.2, 0.25) is 0 Å². The fourth-order valence-corrected chi connectivity index (χ4v) is 3.80. The summed E-state index contributed by atoms with van der Waals surface area (Å²) in [7, 11) is 1.59. The van der Waals surface area contributed by atoms with E-state index in [-0.39, 0.29) is 18.2 Å². The van der Waals surface area contributed by atoms with E-state index in [1.54, 1.807) is 16.7 Å². The smallest absolute Gasteiger partial charge is 0.230 e. The summed E-state index contributed by atoms with van der Waals surface area (Å²) >= 11 is 0.